The van der Waals surface area contributed by atoms with Crippen LogP contribution in [0.2, 0.25) is 0 Å². The average molecular weight is 374 g/mol. The fourth-order valence-corrected chi connectivity index (χ4v) is 5.27. The molecule has 1 aliphatic rings. The van der Waals surface area contributed by atoms with E-state index in [1.807, 2.05) is 45.8 Å². The fraction of sp³-hybridized carbons (Fsp3) is 0.333. The van der Waals surface area contributed by atoms with Crippen LogP contribution in [0.3, 0.4) is 0 Å². The maximum absolute atomic E-state index is 12.8. The van der Waals surface area contributed by atoms with Crippen LogP contribution in [0, 0.1) is 0 Å². The highest BCUT2D eigenvalue weighted by Crippen LogP contribution is 2.30. The van der Waals surface area contributed by atoms with Gasteiger partial charge in [0.1, 0.15) is 5.69 Å². The number of fused-ring (bicyclic) bond motifs is 1. The van der Waals surface area contributed by atoms with Crippen molar-refractivity contribution >= 4 is 43.9 Å². The first-order valence-corrected chi connectivity index (χ1v) is 10.00. The predicted molar refractivity (Wildman–Crippen MR) is 102 cm³/mol. The quantitative estimate of drug-likeness (QED) is 0.692. The van der Waals surface area contributed by atoms with Crippen LogP contribution in [-0.4, -0.2) is 52.4 Å². The number of hydrogen-bond acceptors (Lipinski definition) is 4. The number of amides is 2. The molecule has 130 valence electrons. The van der Waals surface area contributed by atoms with Crippen molar-refractivity contribution in [2.45, 2.75) is 6.42 Å². The fourth-order valence-electron chi connectivity index (χ4n) is 3.20. The van der Waals surface area contributed by atoms with E-state index in [1.54, 1.807) is 22.7 Å². The third-order valence-corrected chi connectivity index (χ3v) is 6.66. The standard InChI is InChI=1S/C18H19N3O2S2/c1-19-6-2-4-13(19)17(22)20-7-3-8-21(10-9-20)18(23)16-12-15-14(25-16)5-11-24-15/h2,4-6,11-12H,3,7-10H2,1H3. The highest BCUT2D eigenvalue weighted by atomic mass is 32.1. The van der Waals surface area contributed by atoms with Gasteiger partial charge in [-0.25, -0.2) is 0 Å². The van der Waals surface area contributed by atoms with E-state index in [9.17, 15) is 9.59 Å². The largest absolute Gasteiger partial charge is 0.347 e. The van der Waals surface area contributed by atoms with Crippen LogP contribution in [0.1, 0.15) is 26.6 Å². The van der Waals surface area contributed by atoms with Gasteiger partial charge >= 0.3 is 0 Å². The summed E-state index contributed by atoms with van der Waals surface area (Å²) in [6.45, 7) is 2.55. The topological polar surface area (TPSA) is 45.6 Å². The van der Waals surface area contributed by atoms with Gasteiger partial charge in [-0.2, -0.15) is 0 Å². The molecule has 5 nitrogen and oxygen atoms in total. The Bertz CT molecular complexity index is 895. The Morgan fingerprint density at radius 2 is 1.76 bits per heavy atom. The molecule has 3 aromatic heterocycles. The lowest BCUT2D eigenvalue weighted by Crippen LogP contribution is -2.37. The van der Waals surface area contributed by atoms with Gasteiger partial charge in [0.05, 0.1) is 4.88 Å². The number of hydrogen-bond donors (Lipinski definition) is 0. The Hall–Kier alpha value is -2.12. The lowest BCUT2D eigenvalue weighted by Gasteiger charge is -2.22. The van der Waals surface area contributed by atoms with Gasteiger partial charge in [0.15, 0.2) is 0 Å². The molecular weight excluding hydrogens is 354 g/mol. The van der Waals surface area contributed by atoms with E-state index in [0.717, 1.165) is 11.3 Å². The van der Waals surface area contributed by atoms with Crippen LogP contribution in [-0.2, 0) is 7.05 Å². The van der Waals surface area contributed by atoms with Crippen LogP contribution in [0.25, 0.3) is 9.40 Å². The van der Waals surface area contributed by atoms with Crippen LogP contribution in [0.4, 0.5) is 0 Å². The summed E-state index contributed by atoms with van der Waals surface area (Å²) in [6.07, 6.45) is 2.69. The molecule has 1 fully saturated rings. The zero-order chi connectivity index (χ0) is 17.4. The molecule has 0 aromatic carbocycles. The summed E-state index contributed by atoms with van der Waals surface area (Å²) in [5, 5.41) is 2.05. The van der Waals surface area contributed by atoms with Gasteiger partial charge in [0.2, 0.25) is 0 Å². The molecule has 7 heteroatoms. The molecule has 3 aromatic rings. The van der Waals surface area contributed by atoms with Gasteiger partial charge in [-0.3, -0.25) is 9.59 Å². The zero-order valence-corrected chi connectivity index (χ0v) is 15.6. The van der Waals surface area contributed by atoms with Crippen molar-refractivity contribution in [2.75, 3.05) is 26.2 Å². The molecule has 0 radical (unpaired) electrons. The van der Waals surface area contributed by atoms with Gasteiger partial charge in [0.25, 0.3) is 11.8 Å². The Balaban J connectivity index is 1.45. The van der Waals surface area contributed by atoms with E-state index in [4.69, 9.17) is 0 Å². The highest BCUT2D eigenvalue weighted by Gasteiger charge is 2.25. The number of nitrogens with zero attached hydrogens (tertiary/aromatic N) is 3. The van der Waals surface area contributed by atoms with Gasteiger partial charge in [-0.1, -0.05) is 0 Å². The second kappa shape index (κ2) is 6.65. The van der Waals surface area contributed by atoms with Crippen LogP contribution in [0.5, 0.6) is 0 Å². The van der Waals surface area contributed by atoms with Crippen molar-refractivity contribution in [3.05, 3.63) is 46.4 Å². The van der Waals surface area contributed by atoms with Crippen LogP contribution >= 0.6 is 22.7 Å². The monoisotopic (exact) mass is 373 g/mol. The van der Waals surface area contributed by atoms with Crippen molar-refractivity contribution < 1.29 is 9.59 Å². The second-order valence-corrected chi connectivity index (χ2v) is 8.23. The van der Waals surface area contributed by atoms with E-state index < -0.39 is 0 Å². The lowest BCUT2D eigenvalue weighted by molar-refractivity contribution is 0.0716. The first-order chi connectivity index (χ1) is 12.1. The minimum absolute atomic E-state index is 0.0402. The Kier molecular flexibility index (Phi) is 4.35. The number of carbonyl (C=O) groups excluding carboxylic acids is 2. The zero-order valence-electron chi connectivity index (χ0n) is 14.0. The Morgan fingerprint density at radius 3 is 2.44 bits per heavy atom. The maximum atomic E-state index is 12.8. The Labute approximate surface area is 154 Å². The lowest BCUT2D eigenvalue weighted by atomic mass is 10.3. The average Bonchev–Trinajstić information content (AvgIpc) is 3.25. The van der Waals surface area contributed by atoms with Crippen molar-refractivity contribution in [3.63, 3.8) is 0 Å². The van der Waals surface area contributed by atoms with Gasteiger partial charge in [0, 0.05) is 48.8 Å². The third kappa shape index (κ3) is 3.09. The van der Waals surface area contributed by atoms with Crippen LogP contribution < -0.4 is 0 Å². The smallest absolute Gasteiger partial charge is 0.270 e. The number of carbonyl (C=O) groups is 2. The molecular formula is C18H19N3O2S2. The number of aromatic nitrogens is 1. The molecule has 0 saturated carbocycles. The van der Waals surface area contributed by atoms with Crippen molar-refractivity contribution in [2.24, 2.45) is 7.05 Å². The van der Waals surface area contributed by atoms with E-state index in [-0.39, 0.29) is 11.8 Å². The first-order valence-electron chi connectivity index (χ1n) is 8.30. The molecule has 0 unspecified atom stereocenters. The predicted octanol–water partition coefficient (Wildman–Crippen LogP) is 3.29. The molecule has 0 bridgehead atoms. The molecule has 1 saturated heterocycles. The van der Waals surface area contributed by atoms with Gasteiger partial charge < -0.3 is 14.4 Å². The second-order valence-electron chi connectivity index (χ2n) is 6.20. The summed E-state index contributed by atoms with van der Waals surface area (Å²) in [5.74, 6) is 0.125. The first kappa shape index (κ1) is 16.4. The summed E-state index contributed by atoms with van der Waals surface area (Å²) in [4.78, 5) is 30.0. The molecule has 0 atom stereocenters. The molecule has 25 heavy (non-hydrogen) atoms. The summed E-state index contributed by atoms with van der Waals surface area (Å²) >= 11 is 3.22. The van der Waals surface area contributed by atoms with Crippen LogP contribution in [0.15, 0.2) is 35.8 Å². The number of rotatable bonds is 2. The molecule has 1 aliphatic heterocycles. The maximum Gasteiger partial charge on any atom is 0.270 e. The van der Waals surface area contributed by atoms with Crippen molar-refractivity contribution in [3.8, 4) is 0 Å². The summed E-state index contributed by atoms with van der Waals surface area (Å²) in [7, 11) is 1.88. The molecule has 4 rings (SSSR count). The Morgan fingerprint density at radius 1 is 1.00 bits per heavy atom. The molecule has 2 amide bonds. The number of aryl methyl sites for hydroxylation is 1. The summed E-state index contributed by atoms with van der Waals surface area (Å²) < 4.78 is 4.18. The minimum atomic E-state index is 0.0402. The van der Waals surface area contributed by atoms with E-state index in [0.29, 0.717) is 31.9 Å². The molecule has 0 spiro atoms. The minimum Gasteiger partial charge on any atom is -0.347 e. The van der Waals surface area contributed by atoms with E-state index >= 15 is 0 Å². The normalized spacial score (nSPS) is 15.6. The van der Waals surface area contributed by atoms with Crippen molar-refractivity contribution in [1.29, 1.82) is 0 Å². The number of thiophene rings is 2. The van der Waals surface area contributed by atoms with E-state index in [2.05, 4.69) is 11.4 Å². The summed E-state index contributed by atoms with van der Waals surface area (Å²) in [5.41, 5.74) is 0.693. The molecule has 0 aliphatic carbocycles. The van der Waals surface area contributed by atoms with Gasteiger partial charge in [-0.05, 0) is 36.1 Å². The SMILES string of the molecule is Cn1cccc1C(=O)N1CCCN(C(=O)c2cc3sccc3s2)CC1. The highest BCUT2D eigenvalue weighted by molar-refractivity contribution is 7.27. The molecule has 0 N–H and O–H groups in total. The summed E-state index contributed by atoms with van der Waals surface area (Å²) in [6, 6.07) is 7.77. The van der Waals surface area contributed by atoms with Crippen molar-refractivity contribution in [1.82, 2.24) is 14.4 Å². The van der Waals surface area contributed by atoms with E-state index in [1.165, 1.54) is 9.40 Å². The molecule has 4 heterocycles. The third-order valence-electron chi connectivity index (χ3n) is 4.58. The van der Waals surface area contributed by atoms with Gasteiger partial charge in [-0.15, -0.1) is 22.7 Å².